The van der Waals surface area contributed by atoms with E-state index >= 15 is 0 Å². The first-order valence-electron chi connectivity index (χ1n) is 11.5. The van der Waals surface area contributed by atoms with Crippen LogP contribution < -0.4 is 0 Å². The number of likely N-dealkylation sites (N-methyl/N-ethyl adjacent to an activating group) is 1. The van der Waals surface area contributed by atoms with Gasteiger partial charge in [0.05, 0.1) is 6.07 Å². The molecule has 1 fully saturated rings. The third-order valence-electron chi connectivity index (χ3n) is 7.11. The van der Waals surface area contributed by atoms with Crippen molar-refractivity contribution in [1.29, 1.82) is 5.26 Å². The van der Waals surface area contributed by atoms with Gasteiger partial charge in [0.15, 0.2) is 0 Å². The van der Waals surface area contributed by atoms with Crippen LogP contribution in [-0.2, 0) is 11.8 Å². The van der Waals surface area contributed by atoms with Crippen LogP contribution >= 0.6 is 0 Å². The van der Waals surface area contributed by atoms with E-state index in [0.717, 1.165) is 36.9 Å². The molecule has 158 valence electrons. The minimum absolute atomic E-state index is 0.306. The van der Waals surface area contributed by atoms with Crippen LogP contribution in [-0.4, -0.2) is 24.5 Å². The monoisotopic (exact) mass is 408 g/mol. The van der Waals surface area contributed by atoms with E-state index in [2.05, 4.69) is 96.9 Å². The highest BCUT2D eigenvalue weighted by Crippen LogP contribution is 2.46. The highest BCUT2D eigenvalue weighted by atomic mass is 15.1. The Balaban J connectivity index is 1.58. The van der Waals surface area contributed by atoms with Gasteiger partial charge in [-0.05, 0) is 55.3 Å². The zero-order chi connectivity index (χ0) is 21.5. The second-order valence-corrected chi connectivity index (χ2v) is 8.89. The molecule has 3 aromatic rings. The fourth-order valence-electron chi connectivity index (χ4n) is 5.35. The molecule has 31 heavy (non-hydrogen) atoms. The molecule has 0 N–H and O–H groups in total. The number of hydrogen-bond acceptors (Lipinski definition) is 2. The molecule has 4 rings (SSSR count). The van der Waals surface area contributed by atoms with Gasteiger partial charge in [0.2, 0.25) is 0 Å². The largest absolute Gasteiger partial charge is 0.303 e. The van der Waals surface area contributed by atoms with Crippen molar-refractivity contribution >= 4 is 0 Å². The SMILES string of the molecule is CN(CCc1ccccc1)[C@@H]1CCC[C@@H](C(C#N)(c2ccccc2)c2ccccc2)C1. The van der Waals surface area contributed by atoms with E-state index in [1.807, 2.05) is 12.1 Å². The van der Waals surface area contributed by atoms with Crippen molar-refractivity contribution in [3.63, 3.8) is 0 Å². The van der Waals surface area contributed by atoms with Crippen LogP contribution in [0.2, 0.25) is 0 Å². The van der Waals surface area contributed by atoms with E-state index in [1.54, 1.807) is 0 Å². The summed E-state index contributed by atoms with van der Waals surface area (Å²) >= 11 is 0. The number of benzene rings is 3. The Morgan fingerprint density at radius 2 is 1.39 bits per heavy atom. The first-order valence-corrected chi connectivity index (χ1v) is 11.5. The predicted molar refractivity (Wildman–Crippen MR) is 128 cm³/mol. The van der Waals surface area contributed by atoms with E-state index in [9.17, 15) is 5.26 Å². The zero-order valence-corrected chi connectivity index (χ0v) is 18.5. The van der Waals surface area contributed by atoms with Crippen molar-refractivity contribution in [2.45, 2.75) is 43.6 Å². The van der Waals surface area contributed by atoms with Crippen LogP contribution in [0.3, 0.4) is 0 Å². The number of rotatable bonds is 7. The molecule has 2 nitrogen and oxygen atoms in total. The highest BCUT2D eigenvalue weighted by Gasteiger charge is 2.44. The molecule has 1 aliphatic carbocycles. The molecule has 0 heterocycles. The maximum Gasteiger partial charge on any atom is 0.110 e. The summed E-state index contributed by atoms with van der Waals surface area (Å²) in [4.78, 5) is 2.53. The van der Waals surface area contributed by atoms with Gasteiger partial charge in [-0.25, -0.2) is 0 Å². The van der Waals surface area contributed by atoms with Gasteiger partial charge in [-0.1, -0.05) is 97.4 Å². The van der Waals surface area contributed by atoms with E-state index in [0.29, 0.717) is 12.0 Å². The van der Waals surface area contributed by atoms with Crippen LogP contribution in [0.4, 0.5) is 0 Å². The molecule has 1 aliphatic rings. The lowest BCUT2D eigenvalue weighted by atomic mass is 9.61. The molecular weight excluding hydrogens is 376 g/mol. The summed E-state index contributed by atoms with van der Waals surface area (Å²) in [5, 5.41) is 10.6. The number of nitrogens with zero attached hydrogens (tertiary/aromatic N) is 2. The van der Waals surface area contributed by atoms with Crippen molar-refractivity contribution in [3.8, 4) is 6.07 Å². The summed E-state index contributed by atoms with van der Waals surface area (Å²) in [5.41, 5.74) is 3.05. The fourth-order valence-corrected chi connectivity index (χ4v) is 5.35. The normalized spacial score (nSPS) is 19.1. The summed E-state index contributed by atoms with van der Waals surface area (Å²) in [7, 11) is 2.26. The molecule has 0 aliphatic heterocycles. The predicted octanol–water partition coefficient (Wildman–Crippen LogP) is 6.23. The Kier molecular flexibility index (Phi) is 6.85. The molecule has 0 aromatic heterocycles. The number of nitriles is 1. The lowest BCUT2D eigenvalue weighted by Crippen LogP contribution is -2.44. The Hall–Kier alpha value is -2.89. The summed E-state index contributed by atoms with van der Waals surface area (Å²) in [6, 6.07) is 35.0. The topological polar surface area (TPSA) is 27.0 Å². The molecule has 2 heteroatoms. The minimum Gasteiger partial charge on any atom is -0.303 e. The maximum absolute atomic E-state index is 10.6. The summed E-state index contributed by atoms with van der Waals surface area (Å²) < 4.78 is 0. The second-order valence-electron chi connectivity index (χ2n) is 8.89. The quantitative estimate of drug-likeness (QED) is 0.463. The Morgan fingerprint density at radius 3 is 1.94 bits per heavy atom. The molecule has 3 aromatic carbocycles. The molecule has 2 atom stereocenters. The third kappa shape index (κ3) is 4.58. The van der Waals surface area contributed by atoms with Crippen molar-refractivity contribution in [2.75, 3.05) is 13.6 Å². The van der Waals surface area contributed by atoms with Crippen molar-refractivity contribution in [3.05, 3.63) is 108 Å². The van der Waals surface area contributed by atoms with Gasteiger partial charge in [0.1, 0.15) is 5.41 Å². The van der Waals surface area contributed by atoms with Gasteiger partial charge in [0.25, 0.3) is 0 Å². The first-order chi connectivity index (χ1) is 15.2. The lowest BCUT2D eigenvalue weighted by Gasteiger charge is -2.43. The van der Waals surface area contributed by atoms with Gasteiger partial charge in [-0.3, -0.25) is 0 Å². The molecule has 0 amide bonds. The molecule has 0 radical (unpaired) electrons. The molecule has 1 saturated carbocycles. The van der Waals surface area contributed by atoms with Crippen molar-refractivity contribution < 1.29 is 0 Å². The molecule has 0 spiro atoms. The van der Waals surface area contributed by atoms with E-state index in [1.165, 1.54) is 18.4 Å². The second kappa shape index (κ2) is 9.94. The van der Waals surface area contributed by atoms with Gasteiger partial charge >= 0.3 is 0 Å². The molecular formula is C29H32N2. The molecule has 0 bridgehead atoms. The minimum atomic E-state index is -0.596. The van der Waals surface area contributed by atoms with Crippen LogP contribution in [0.1, 0.15) is 42.4 Å². The Labute approximate surface area is 187 Å². The van der Waals surface area contributed by atoms with Crippen LogP contribution in [0, 0.1) is 17.2 Å². The lowest BCUT2D eigenvalue weighted by molar-refractivity contribution is 0.139. The maximum atomic E-state index is 10.6. The average Bonchev–Trinajstić information content (AvgIpc) is 2.85. The summed E-state index contributed by atoms with van der Waals surface area (Å²) in [6.45, 7) is 1.05. The van der Waals surface area contributed by atoms with Crippen LogP contribution in [0.5, 0.6) is 0 Å². The Bertz CT molecular complexity index is 936. The Morgan fingerprint density at radius 1 is 0.839 bits per heavy atom. The van der Waals surface area contributed by atoms with Gasteiger partial charge in [-0.15, -0.1) is 0 Å². The zero-order valence-electron chi connectivity index (χ0n) is 18.5. The molecule has 0 unspecified atom stereocenters. The summed E-state index contributed by atoms with van der Waals surface area (Å²) in [5.74, 6) is 0.306. The van der Waals surface area contributed by atoms with Crippen LogP contribution in [0.25, 0.3) is 0 Å². The van der Waals surface area contributed by atoms with Gasteiger partial charge in [-0.2, -0.15) is 5.26 Å². The van der Waals surface area contributed by atoms with Crippen LogP contribution in [0.15, 0.2) is 91.0 Å². The van der Waals surface area contributed by atoms with E-state index < -0.39 is 5.41 Å². The van der Waals surface area contributed by atoms with Gasteiger partial charge < -0.3 is 4.90 Å². The average molecular weight is 409 g/mol. The standard InChI is InChI=1S/C29H32N2/c1-31(21-20-24-12-5-2-6-13-24)28-19-11-18-27(22-28)29(23-30,25-14-7-3-8-15-25)26-16-9-4-10-17-26/h2-10,12-17,27-28H,11,18-22H2,1H3/t27-,28-/m1/s1. The fraction of sp³-hybridized carbons (Fsp3) is 0.345. The summed E-state index contributed by atoms with van der Waals surface area (Å²) in [6.07, 6.45) is 5.61. The molecule has 0 saturated heterocycles. The van der Waals surface area contributed by atoms with Crippen molar-refractivity contribution in [1.82, 2.24) is 4.90 Å². The van der Waals surface area contributed by atoms with E-state index in [4.69, 9.17) is 0 Å². The van der Waals surface area contributed by atoms with Gasteiger partial charge in [0, 0.05) is 12.6 Å². The third-order valence-corrected chi connectivity index (χ3v) is 7.11. The van der Waals surface area contributed by atoms with Crippen molar-refractivity contribution in [2.24, 2.45) is 5.92 Å². The highest BCUT2D eigenvalue weighted by molar-refractivity contribution is 5.47. The smallest absolute Gasteiger partial charge is 0.110 e. The van der Waals surface area contributed by atoms with E-state index in [-0.39, 0.29) is 0 Å². The first kappa shape index (κ1) is 21.3. The number of hydrogen-bond donors (Lipinski definition) is 0.